The van der Waals surface area contributed by atoms with Gasteiger partial charge >= 0.3 is 5.97 Å². The van der Waals surface area contributed by atoms with Crippen LogP contribution in [0.5, 0.6) is 17.2 Å². The molecule has 1 aliphatic heterocycles. The summed E-state index contributed by atoms with van der Waals surface area (Å²) >= 11 is 0. The van der Waals surface area contributed by atoms with E-state index in [9.17, 15) is 44.7 Å². The van der Waals surface area contributed by atoms with Crippen molar-refractivity contribution in [1.82, 2.24) is 0 Å². The predicted octanol–water partition coefficient (Wildman–Crippen LogP) is -0.117. The Hall–Kier alpha value is -3.99. The number of nitrogens with two attached hydrogens (primary N) is 1. The highest BCUT2D eigenvalue weighted by atomic mass is 19.1. The lowest BCUT2D eigenvalue weighted by molar-refractivity contribution is -0.294. The Morgan fingerprint density at radius 1 is 1.09 bits per heavy atom. The quantitative estimate of drug-likeness (QED) is 0.140. The second kappa shape index (κ2) is 12.1. The number of rotatable bonds is 8. The van der Waals surface area contributed by atoms with E-state index in [0.29, 0.717) is 0 Å². The van der Waals surface area contributed by atoms with E-state index in [4.69, 9.17) is 24.7 Å². The maximum Gasteiger partial charge on any atom is 0.307 e. The number of aliphatic hydroxyl groups excluding tert-OH is 2. The molecular weight excluding hydrogens is 601 g/mol. The van der Waals surface area contributed by atoms with Gasteiger partial charge in [-0.15, -0.1) is 0 Å². The summed E-state index contributed by atoms with van der Waals surface area (Å²) in [4.78, 5) is 52.5. The molecular formula is C30H32FNO13. The molecule has 1 heterocycles. The summed E-state index contributed by atoms with van der Waals surface area (Å²) in [5.74, 6) is -5.33. The van der Waals surface area contributed by atoms with E-state index in [1.54, 1.807) is 0 Å². The number of carbonyl (C=O) groups excluding carboxylic acids is 4. The Balaban J connectivity index is 1.64. The monoisotopic (exact) mass is 633 g/mol. The van der Waals surface area contributed by atoms with Gasteiger partial charge < -0.3 is 50.2 Å². The minimum atomic E-state index is -2.48. The molecule has 2 aromatic carbocycles. The van der Waals surface area contributed by atoms with Crippen LogP contribution in [0.25, 0.3) is 0 Å². The SMILES string of the molecule is COc1cccc2c1C(=O)c1c(O)c3c(c(O)c1C2=O)C[C@@](O)(C(=O)COC(=O)CCN)C[C@@H]3OC1OC(C)C(O)C(O)C1F. The fourth-order valence-electron chi connectivity index (χ4n) is 5.98. The fourth-order valence-corrected chi connectivity index (χ4v) is 5.98. The second-order valence-corrected chi connectivity index (χ2v) is 11.2. The van der Waals surface area contributed by atoms with E-state index in [-0.39, 0.29) is 41.0 Å². The molecule has 0 spiro atoms. The molecule has 3 aliphatic rings. The van der Waals surface area contributed by atoms with Crippen LogP contribution in [0.4, 0.5) is 4.39 Å². The van der Waals surface area contributed by atoms with Crippen molar-refractivity contribution in [2.75, 3.05) is 20.3 Å². The molecule has 5 rings (SSSR count). The summed E-state index contributed by atoms with van der Waals surface area (Å²) in [7, 11) is 1.27. The predicted molar refractivity (Wildman–Crippen MR) is 148 cm³/mol. The van der Waals surface area contributed by atoms with Gasteiger partial charge in [0.05, 0.1) is 42.4 Å². The number of hydrogen-bond donors (Lipinski definition) is 6. The smallest absolute Gasteiger partial charge is 0.307 e. The van der Waals surface area contributed by atoms with E-state index < -0.39 is 108 Å². The Labute approximate surface area is 255 Å². The number of hydrogen-bond acceptors (Lipinski definition) is 14. The average molecular weight is 634 g/mol. The van der Waals surface area contributed by atoms with E-state index in [0.717, 1.165) is 0 Å². The molecule has 45 heavy (non-hydrogen) atoms. The van der Waals surface area contributed by atoms with Crippen molar-refractivity contribution in [3.05, 3.63) is 51.6 Å². The third-order valence-electron chi connectivity index (χ3n) is 8.37. The molecule has 242 valence electrons. The molecule has 0 bridgehead atoms. The molecule has 14 nitrogen and oxygen atoms in total. The number of phenols is 2. The van der Waals surface area contributed by atoms with E-state index in [1.807, 2.05) is 0 Å². The zero-order valence-corrected chi connectivity index (χ0v) is 24.2. The van der Waals surface area contributed by atoms with Crippen molar-refractivity contribution >= 4 is 23.3 Å². The summed E-state index contributed by atoms with van der Waals surface area (Å²) < 4.78 is 36.5. The number of carbonyl (C=O) groups is 4. The Kier molecular flexibility index (Phi) is 8.70. The van der Waals surface area contributed by atoms with Gasteiger partial charge in [-0.3, -0.25) is 19.2 Å². The molecule has 0 aromatic heterocycles. The number of methoxy groups -OCH3 is 1. The third kappa shape index (κ3) is 5.34. The van der Waals surface area contributed by atoms with Crippen molar-refractivity contribution in [3.63, 3.8) is 0 Å². The van der Waals surface area contributed by atoms with Gasteiger partial charge in [0, 0.05) is 36.1 Å². The minimum absolute atomic E-state index is 0.0162. The molecule has 1 fully saturated rings. The molecule has 7 N–H and O–H groups in total. The molecule has 15 heteroatoms. The van der Waals surface area contributed by atoms with Crippen LogP contribution < -0.4 is 10.5 Å². The fraction of sp³-hybridized carbons (Fsp3) is 0.467. The van der Waals surface area contributed by atoms with Gasteiger partial charge in [-0.05, 0) is 13.0 Å². The van der Waals surface area contributed by atoms with E-state index in [2.05, 4.69) is 0 Å². The van der Waals surface area contributed by atoms with Gasteiger partial charge in [0.15, 0.2) is 24.9 Å². The number of aliphatic hydroxyl groups is 3. The minimum Gasteiger partial charge on any atom is -0.507 e. The van der Waals surface area contributed by atoms with Crippen LogP contribution >= 0.6 is 0 Å². The second-order valence-electron chi connectivity index (χ2n) is 11.2. The summed E-state index contributed by atoms with van der Waals surface area (Å²) in [6.07, 6.45) is -12.4. The lowest BCUT2D eigenvalue weighted by Gasteiger charge is -2.43. The third-order valence-corrected chi connectivity index (χ3v) is 8.37. The number of fused-ring (bicyclic) bond motifs is 3. The van der Waals surface area contributed by atoms with Gasteiger partial charge in [0.1, 0.15) is 35.1 Å². The van der Waals surface area contributed by atoms with Gasteiger partial charge in [-0.1, -0.05) is 12.1 Å². The van der Waals surface area contributed by atoms with Crippen molar-refractivity contribution in [3.8, 4) is 17.2 Å². The van der Waals surface area contributed by atoms with Gasteiger partial charge in [-0.25, -0.2) is 4.39 Å². The Bertz CT molecular complexity index is 1580. The molecule has 0 saturated carbocycles. The largest absolute Gasteiger partial charge is 0.507 e. The molecule has 0 amide bonds. The van der Waals surface area contributed by atoms with Crippen molar-refractivity contribution in [1.29, 1.82) is 0 Å². The summed E-state index contributed by atoms with van der Waals surface area (Å²) in [6, 6.07) is 4.19. The zero-order valence-electron chi connectivity index (χ0n) is 24.2. The number of aromatic hydroxyl groups is 2. The molecule has 0 radical (unpaired) electrons. The van der Waals surface area contributed by atoms with Crippen molar-refractivity contribution in [2.45, 2.75) is 68.7 Å². The van der Waals surface area contributed by atoms with Crippen LogP contribution in [0.1, 0.15) is 68.8 Å². The van der Waals surface area contributed by atoms with Gasteiger partial charge in [0.25, 0.3) is 0 Å². The number of ketones is 3. The Morgan fingerprint density at radius 2 is 1.78 bits per heavy atom. The number of Topliss-reactive ketones (excluding diaryl/α,β-unsaturated/α-hetero) is 1. The van der Waals surface area contributed by atoms with Crippen LogP contribution in [0.3, 0.4) is 0 Å². The van der Waals surface area contributed by atoms with E-state index >= 15 is 4.39 Å². The normalized spacial score (nSPS) is 29.0. The standard InChI is InChI=1S/C30H32FNO13/c1-11-23(35)28(40)22(31)29(44-11)45-15-9-30(41,16(33)10-43-17(34)6-7-32)8-13-19(15)27(39)21-20(25(13)37)24(36)12-4-3-5-14(42-2)18(12)26(21)38/h3-5,11,15,22-23,28-29,35,37,39-41H,6-10,32H2,1-2H3/t11?,15-,22?,23?,28?,29?,30-/m0/s1. The Morgan fingerprint density at radius 3 is 2.44 bits per heavy atom. The zero-order chi connectivity index (χ0) is 33.0. The van der Waals surface area contributed by atoms with Crippen LogP contribution in [0.2, 0.25) is 0 Å². The molecule has 1 saturated heterocycles. The summed E-state index contributed by atoms with van der Waals surface area (Å²) in [5.41, 5.74) is 0.571. The number of benzene rings is 2. The maximum atomic E-state index is 15.2. The highest BCUT2D eigenvalue weighted by Gasteiger charge is 2.52. The van der Waals surface area contributed by atoms with Crippen molar-refractivity contribution in [2.24, 2.45) is 5.73 Å². The van der Waals surface area contributed by atoms with Crippen LogP contribution in [-0.4, -0.2) is 105 Å². The average Bonchev–Trinajstić information content (AvgIpc) is 3.01. The summed E-state index contributed by atoms with van der Waals surface area (Å²) in [6.45, 7) is 0.341. The van der Waals surface area contributed by atoms with Crippen LogP contribution in [-0.2, 0) is 30.2 Å². The number of esters is 1. The van der Waals surface area contributed by atoms with Gasteiger partial charge in [0.2, 0.25) is 11.6 Å². The van der Waals surface area contributed by atoms with Crippen LogP contribution in [0.15, 0.2) is 18.2 Å². The molecule has 2 aromatic rings. The number of phenolic OH excluding ortho intramolecular Hbond substituents is 2. The molecule has 2 aliphatic carbocycles. The van der Waals surface area contributed by atoms with E-state index in [1.165, 1.54) is 32.2 Å². The first-order valence-corrected chi connectivity index (χ1v) is 14.0. The summed E-state index contributed by atoms with van der Waals surface area (Å²) in [5, 5.41) is 54.8. The highest BCUT2D eigenvalue weighted by Crippen LogP contribution is 2.52. The lowest BCUT2D eigenvalue weighted by atomic mass is 9.72. The van der Waals surface area contributed by atoms with Gasteiger partial charge in [-0.2, -0.15) is 0 Å². The van der Waals surface area contributed by atoms with Crippen molar-refractivity contribution < 1.29 is 68.0 Å². The first-order valence-electron chi connectivity index (χ1n) is 14.0. The molecule has 5 unspecified atom stereocenters. The number of alkyl halides is 1. The number of halogens is 1. The molecule has 7 atom stereocenters. The number of ether oxygens (including phenoxy) is 4. The first-order chi connectivity index (χ1) is 21.2. The lowest BCUT2D eigenvalue weighted by Crippen LogP contribution is -2.56. The maximum absolute atomic E-state index is 15.2. The van der Waals surface area contributed by atoms with Crippen LogP contribution in [0, 0.1) is 0 Å². The highest BCUT2D eigenvalue weighted by molar-refractivity contribution is 6.31. The first kappa shape index (κ1) is 32.4. The topological polar surface area (TPSA) is 232 Å².